The van der Waals surface area contributed by atoms with E-state index in [0.717, 1.165) is 44.3 Å². The first kappa shape index (κ1) is 17.0. The molecule has 0 bridgehead atoms. The third kappa shape index (κ3) is 5.12. The molecule has 114 valence electrons. The maximum atomic E-state index is 13.8. The molecule has 0 heterocycles. The minimum atomic E-state index is -0.273. The highest BCUT2D eigenvalue weighted by Crippen LogP contribution is 2.29. The first-order valence-electron chi connectivity index (χ1n) is 7.57. The summed E-state index contributed by atoms with van der Waals surface area (Å²) < 4.78 is 18.7. The van der Waals surface area contributed by atoms with Crippen LogP contribution in [0.2, 0.25) is 0 Å². The average Bonchev–Trinajstić information content (AvgIpc) is 2.39. The Morgan fingerprint density at radius 1 is 1.25 bits per heavy atom. The van der Waals surface area contributed by atoms with E-state index in [9.17, 15) is 4.39 Å². The summed E-state index contributed by atoms with van der Waals surface area (Å²) >= 11 is 0. The Hall–Kier alpha value is -1.09. The first-order chi connectivity index (χ1) is 9.54. The molecule has 1 aromatic rings. The van der Waals surface area contributed by atoms with Crippen molar-refractivity contribution < 1.29 is 9.13 Å². The van der Waals surface area contributed by atoms with Gasteiger partial charge in [0.15, 0.2) is 11.6 Å². The summed E-state index contributed by atoms with van der Waals surface area (Å²) in [5, 5.41) is 3.50. The molecule has 1 atom stereocenters. The molecule has 1 rings (SSSR count). The molecule has 0 radical (unpaired) electrons. The molecule has 1 aromatic carbocycles. The van der Waals surface area contributed by atoms with Gasteiger partial charge in [0.1, 0.15) is 0 Å². The molecular formula is C17H28FNO. The molecule has 0 aliphatic heterocycles. The van der Waals surface area contributed by atoms with E-state index in [0.29, 0.717) is 5.75 Å². The Morgan fingerprint density at radius 2 is 2.00 bits per heavy atom. The van der Waals surface area contributed by atoms with Crippen LogP contribution in [0.25, 0.3) is 0 Å². The lowest BCUT2D eigenvalue weighted by atomic mass is 9.79. The minimum Gasteiger partial charge on any atom is -0.494 e. The maximum Gasteiger partial charge on any atom is 0.165 e. The molecule has 0 aromatic heterocycles. The Kier molecular flexibility index (Phi) is 7.00. The molecule has 0 aliphatic carbocycles. The zero-order valence-electron chi connectivity index (χ0n) is 13.3. The van der Waals surface area contributed by atoms with Crippen LogP contribution in [0.15, 0.2) is 18.2 Å². The molecule has 1 unspecified atom stereocenters. The van der Waals surface area contributed by atoms with Gasteiger partial charge in [-0.15, -0.1) is 0 Å². The summed E-state index contributed by atoms with van der Waals surface area (Å²) in [7, 11) is 1.49. The Morgan fingerprint density at radius 3 is 2.55 bits per heavy atom. The monoisotopic (exact) mass is 281 g/mol. The number of rotatable bonds is 9. The number of halogens is 1. The number of methoxy groups -OCH3 is 1. The molecule has 3 heteroatoms. The van der Waals surface area contributed by atoms with Gasteiger partial charge in [-0.25, -0.2) is 4.39 Å². The van der Waals surface area contributed by atoms with Crippen molar-refractivity contribution in [1.82, 2.24) is 5.32 Å². The van der Waals surface area contributed by atoms with Crippen molar-refractivity contribution in [3.63, 3.8) is 0 Å². The second-order valence-corrected chi connectivity index (χ2v) is 5.88. The Bertz CT molecular complexity index is 408. The summed E-state index contributed by atoms with van der Waals surface area (Å²) in [6, 6.07) is 5.29. The molecule has 0 saturated heterocycles. The van der Waals surface area contributed by atoms with Crippen LogP contribution in [-0.2, 0) is 6.42 Å². The summed E-state index contributed by atoms with van der Waals surface area (Å²) in [5.74, 6) is 0.0421. The summed E-state index contributed by atoms with van der Waals surface area (Å²) in [6.07, 6.45) is 4.30. The molecule has 0 saturated carbocycles. The number of hydrogen-bond donors (Lipinski definition) is 1. The van der Waals surface area contributed by atoms with Gasteiger partial charge < -0.3 is 10.1 Å². The summed E-state index contributed by atoms with van der Waals surface area (Å²) in [4.78, 5) is 0. The van der Waals surface area contributed by atoms with Crippen molar-refractivity contribution in [3.8, 4) is 5.75 Å². The standard InChI is InChI=1S/C17H28FNO/c1-5-9-17(3,13-19-10-6-2)12-14-7-8-16(20-4)15(18)11-14/h7-8,11,19H,5-6,9-10,12-13H2,1-4H3. The van der Waals surface area contributed by atoms with E-state index in [1.165, 1.54) is 7.11 Å². The number of benzene rings is 1. The second kappa shape index (κ2) is 8.25. The van der Waals surface area contributed by atoms with E-state index in [4.69, 9.17) is 4.74 Å². The summed E-state index contributed by atoms with van der Waals surface area (Å²) in [5.41, 5.74) is 1.21. The number of ether oxygens (including phenoxy) is 1. The number of hydrogen-bond acceptors (Lipinski definition) is 2. The molecular weight excluding hydrogens is 253 g/mol. The fourth-order valence-corrected chi connectivity index (χ4v) is 2.72. The van der Waals surface area contributed by atoms with E-state index in [2.05, 4.69) is 26.1 Å². The van der Waals surface area contributed by atoms with E-state index in [1.54, 1.807) is 12.1 Å². The van der Waals surface area contributed by atoms with Crippen molar-refractivity contribution >= 4 is 0 Å². The predicted molar refractivity (Wildman–Crippen MR) is 82.8 cm³/mol. The fraction of sp³-hybridized carbons (Fsp3) is 0.647. The first-order valence-corrected chi connectivity index (χ1v) is 7.57. The lowest BCUT2D eigenvalue weighted by Crippen LogP contribution is -2.34. The third-order valence-electron chi connectivity index (χ3n) is 3.68. The largest absolute Gasteiger partial charge is 0.494 e. The molecule has 2 nitrogen and oxygen atoms in total. The smallest absolute Gasteiger partial charge is 0.165 e. The maximum absolute atomic E-state index is 13.8. The van der Waals surface area contributed by atoms with E-state index >= 15 is 0 Å². The van der Waals surface area contributed by atoms with E-state index in [1.807, 2.05) is 6.07 Å². The minimum absolute atomic E-state index is 0.172. The topological polar surface area (TPSA) is 21.3 Å². The highest BCUT2D eigenvalue weighted by Gasteiger charge is 2.23. The van der Waals surface area contributed by atoms with Crippen LogP contribution in [-0.4, -0.2) is 20.2 Å². The molecule has 0 spiro atoms. The van der Waals surface area contributed by atoms with Gasteiger partial charge in [0.05, 0.1) is 7.11 Å². The van der Waals surface area contributed by atoms with E-state index < -0.39 is 0 Å². The van der Waals surface area contributed by atoms with Gasteiger partial charge in [0, 0.05) is 6.54 Å². The van der Waals surface area contributed by atoms with Crippen molar-refractivity contribution in [1.29, 1.82) is 0 Å². The second-order valence-electron chi connectivity index (χ2n) is 5.88. The van der Waals surface area contributed by atoms with Gasteiger partial charge in [-0.1, -0.05) is 33.3 Å². The highest BCUT2D eigenvalue weighted by atomic mass is 19.1. The van der Waals surface area contributed by atoms with E-state index in [-0.39, 0.29) is 11.2 Å². The van der Waals surface area contributed by atoms with Gasteiger partial charge in [0.25, 0.3) is 0 Å². The van der Waals surface area contributed by atoms with Crippen molar-refractivity contribution in [2.24, 2.45) is 5.41 Å². The zero-order valence-corrected chi connectivity index (χ0v) is 13.3. The third-order valence-corrected chi connectivity index (χ3v) is 3.68. The normalized spacial score (nSPS) is 14.1. The van der Waals surface area contributed by atoms with Crippen LogP contribution in [0, 0.1) is 11.2 Å². The van der Waals surface area contributed by atoms with Crippen LogP contribution >= 0.6 is 0 Å². The highest BCUT2D eigenvalue weighted by molar-refractivity contribution is 5.29. The van der Waals surface area contributed by atoms with Gasteiger partial charge in [-0.05, 0) is 48.9 Å². The lowest BCUT2D eigenvalue weighted by Gasteiger charge is -2.30. The fourth-order valence-electron chi connectivity index (χ4n) is 2.72. The Labute approximate surface area is 122 Å². The van der Waals surface area contributed by atoms with Gasteiger partial charge in [0.2, 0.25) is 0 Å². The molecule has 0 amide bonds. The molecule has 0 aliphatic rings. The van der Waals surface area contributed by atoms with Gasteiger partial charge in [-0.2, -0.15) is 0 Å². The SMILES string of the molecule is CCCNCC(C)(CCC)Cc1ccc(OC)c(F)c1. The van der Waals surface area contributed by atoms with Gasteiger partial charge in [-0.3, -0.25) is 0 Å². The van der Waals surface area contributed by atoms with Gasteiger partial charge >= 0.3 is 0 Å². The predicted octanol–water partition coefficient (Wildman–Crippen LogP) is 4.18. The van der Waals surface area contributed by atoms with Crippen molar-refractivity contribution in [2.75, 3.05) is 20.2 Å². The Balaban J connectivity index is 2.75. The van der Waals surface area contributed by atoms with Crippen LogP contribution < -0.4 is 10.1 Å². The lowest BCUT2D eigenvalue weighted by molar-refractivity contribution is 0.275. The molecule has 0 fully saturated rings. The molecule has 1 N–H and O–H groups in total. The number of nitrogens with one attached hydrogen (secondary N) is 1. The quantitative estimate of drug-likeness (QED) is 0.686. The van der Waals surface area contributed by atoms with Crippen LogP contribution in [0.4, 0.5) is 4.39 Å². The molecule has 20 heavy (non-hydrogen) atoms. The zero-order chi connectivity index (χ0) is 15.0. The summed E-state index contributed by atoms with van der Waals surface area (Å²) in [6.45, 7) is 8.66. The van der Waals surface area contributed by atoms with Crippen molar-refractivity contribution in [3.05, 3.63) is 29.6 Å². The van der Waals surface area contributed by atoms with Crippen LogP contribution in [0.3, 0.4) is 0 Å². The van der Waals surface area contributed by atoms with Crippen LogP contribution in [0.1, 0.15) is 45.6 Å². The average molecular weight is 281 g/mol. The van der Waals surface area contributed by atoms with Crippen LogP contribution in [0.5, 0.6) is 5.75 Å². The van der Waals surface area contributed by atoms with Crippen molar-refractivity contribution in [2.45, 2.75) is 46.5 Å².